The lowest BCUT2D eigenvalue weighted by atomic mass is 10.00. The van der Waals surface area contributed by atoms with E-state index in [1.165, 1.54) is 23.3 Å². The van der Waals surface area contributed by atoms with E-state index in [-0.39, 0.29) is 16.3 Å². The third kappa shape index (κ3) is 4.56. The molecule has 0 saturated heterocycles. The first-order valence-corrected chi connectivity index (χ1v) is 10.2. The number of nitro groups is 1. The lowest BCUT2D eigenvalue weighted by Gasteiger charge is -2.29. The number of nitrogens with zero attached hydrogens (tertiary/aromatic N) is 2. The molecule has 8 nitrogen and oxygen atoms in total. The van der Waals surface area contributed by atoms with E-state index in [9.17, 15) is 18.5 Å². The molecule has 0 aromatic heterocycles. The Labute approximate surface area is 162 Å². The summed E-state index contributed by atoms with van der Waals surface area (Å²) in [5, 5.41) is 19.9. The molecule has 144 valence electrons. The summed E-state index contributed by atoms with van der Waals surface area (Å²) in [7, 11) is -4.08. The van der Waals surface area contributed by atoms with Gasteiger partial charge in [-0.2, -0.15) is 0 Å². The molecule has 1 heterocycles. The fourth-order valence-corrected chi connectivity index (χ4v) is 4.19. The van der Waals surface area contributed by atoms with Gasteiger partial charge in [0, 0.05) is 43.3 Å². The van der Waals surface area contributed by atoms with Crippen molar-refractivity contribution in [1.82, 2.24) is 4.90 Å². The molecule has 27 heavy (non-hydrogen) atoms. The van der Waals surface area contributed by atoms with Crippen molar-refractivity contribution in [2.75, 3.05) is 25.0 Å². The number of hydrogen-bond donors (Lipinski definition) is 2. The van der Waals surface area contributed by atoms with Crippen LogP contribution in [0.3, 0.4) is 0 Å². The molecule has 1 aliphatic heterocycles. The van der Waals surface area contributed by atoms with Gasteiger partial charge in [0.15, 0.2) is 0 Å². The highest BCUT2D eigenvalue weighted by Gasteiger charge is 2.20. The van der Waals surface area contributed by atoms with Crippen molar-refractivity contribution < 1.29 is 13.3 Å². The monoisotopic (exact) mass is 410 g/mol. The molecule has 0 spiro atoms. The van der Waals surface area contributed by atoms with Gasteiger partial charge < -0.3 is 5.32 Å². The van der Waals surface area contributed by atoms with Crippen LogP contribution in [0.2, 0.25) is 5.02 Å². The van der Waals surface area contributed by atoms with Crippen LogP contribution in [-0.4, -0.2) is 37.9 Å². The number of fused-ring (bicyclic) bond motifs is 1. The summed E-state index contributed by atoms with van der Waals surface area (Å²) in [6.45, 7) is 2.75. The lowest BCUT2D eigenvalue weighted by Crippen LogP contribution is -2.34. The van der Waals surface area contributed by atoms with Gasteiger partial charge in [-0.05, 0) is 29.7 Å². The number of non-ortho nitro benzene ring substituents is 1. The van der Waals surface area contributed by atoms with E-state index in [1.807, 2.05) is 12.1 Å². The molecule has 2 aromatic rings. The average Bonchev–Trinajstić information content (AvgIpc) is 2.61. The maximum Gasteiger partial charge on any atom is 0.270 e. The van der Waals surface area contributed by atoms with Gasteiger partial charge in [0.1, 0.15) is 4.90 Å². The largest absolute Gasteiger partial charge is 0.383 e. The number of primary sulfonamides is 1. The number of sulfonamides is 1. The minimum Gasteiger partial charge on any atom is -0.383 e. The Balaban J connectivity index is 1.67. The van der Waals surface area contributed by atoms with Crippen molar-refractivity contribution in [3.05, 3.63) is 62.7 Å². The molecular weight excluding hydrogens is 392 g/mol. The molecule has 0 radical (unpaired) electrons. The summed E-state index contributed by atoms with van der Waals surface area (Å²) >= 11 is 6.22. The van der Waals surface area contributed by atoms with Crippen LogP contribution in [0.4, 0.5) is 11.4 Å². The molecule has 2 aromatic carbocycles. The van der Waals surface area contributed by atoms with Gasteiger partial charge in [-0.3, -0.25) is 15.0 Å². The molecule has 0 saturated carbocycles. The predicted octanol–water partition coefficient (Wildman–Crippen LogP) is 2.37. The Morgan fingerprint density at radius 1 is 1.30 bits per heavy atom. The van der Waals surface area contributed by atoms with Gasteiger partial charge >= 0.3 is 0 Å². The predicted molar refractivity (Wildman–Crippen MR) is 103 cm³/mol. The summed E-state index contributed by atoms with van der Waals surface area (Å²) in [5.74, 6) is 0. The smallest absolute Gasteiger partial charge is 0.270 e. The van der Waals surface area contributed by atoms with Crippen molar-refractivity contribution in [3.8, 4) is 0 Å². The van der Waals surface area contributed by atoms with E-state index in [1.54, 1.807) is 0 Å². The third-order valence-corrected chi connectivity index (χ3v) is 5.82. The Kier molecular flexibility index (Phi) is 5.66. The number of halogens is 1. The Morgan fingerprint density at radius 2 is 2.07 bits per heavy atom. The van der Waals surface area contributed by atoms with Crippen LogP contribution >= 0.6 is 11.6 Å². The SMILES string of the molecule is NS(=O)(=O)c1cc([N+](=O)[O-])ccc1NCCN1CCc2c(Cl)cccc2C1. The minimum absolute atomic E-state index is 0.253. The maximum absolute atomic E-state index is 11.8. The molecule has 0 amide bonds. The molecule has 10 heteroatoms. The van der Waals surface area contributed by atoms with Gasteiger partial charge in [0.25, 0.3) is 5.69 Å². The molecule has 0 unspecified atom stereocenters. The highest BCUT2D eigenvalue weighted by molar-refractivity contribution is 7.89. The van der Waals surface area contributed by atoms with Crippen LogP contribution in [0, 0.1) is 10.1 Å². The lowest BCUT2D eigenvalue weighted by molar-refractivity contribution is -0.385. The van der Waals surface area contributed by atoms with E-state index in [0.717, 1.165) is 30.6 Å². The zero-order valence-electron chi connectivity index (χ0n) is 14.4. The average molecular weight is 411 g/mol. The third-order valence-electron chi connectivity index (χ3n) is 4.51. The van der Waals surface area contributed by atoms with Gasteiger partial charge in [-0.1, -0.05) is 23.7 Å². The quantitative estimate of drug-likeness (QED) is 0.557. The van der Waals surface area contributed by atoms with Crippen LogP contribution in [-0.2, 0) is 23.0 Å². The van der Waals surface area contributed by atoms with Crippen LogP contribution in [0.15, 0.2) is 41.3 Å². The summed E-state index contributed by atoms with van der Waals surface area (Å²) in [5.41, 5.74) is 2.29. The van der Waals surface area contributed by atoms with E-state index in [2.05, 4.69) is 16.3 Å². The van der Waals surface area contributed by atoms with Crippen molar-refractivity contribution in [1.29, 1.82) is 0 Å². The second-order valence-electron chi connectivity index (χ2n) is 6.31. The first kappa shape index (κ1) is 19.6. The van der Waals surface area contributed by atoms with E-state index < -0.39 is 14.9 Å². The number of nitrogens with two attached hydrogens (primary N) is 1. The van der Waals surface area contributed by atoms with Crippen LogP contribution < -0.4 is 10.5 Å². The number of rotatable bonds is 6. The topological polar surface area (TPSA) is 119 Å². The van der Waals surface area contributed by atoms with Crippen molar-refractivity contribution in [3.63, 3.8) is 0 Å². The number of nitro benzene ring substituents is 1. The van der Waals surface area contributed by atoms with E-state index in [0.29, 0.717) is 13.1 Å². The fraction of sp³-hybridized carbons (Fsp3) is 0.294. The van der Waals surface area contributed by atoms with Gasteiger partial charge in [0.05, 0.1) is 10.6 Å². The van der Waals surface area contributed by atoms with E-state index >= 15 is 0 Å². The molecule has 0 fully saturated rings. The van der Waals surface area contributed by atoms with Crippen LogP contribution in [0.1, 0.15) is 11.1 Å². The summed E-state index contributed by atoms with van der Waals surface area (Å²) in [4.78, 5) is 12.2. The highest BCUT2D eigenvalue weighted by atomic mass is 35.5. The normalized spacial score (nSPS) is 14.6. The maximum atomic E-state index is 11.8. The second-order valence-corrected chi connectivity index (χ2v) is 8.25. The van der Waals surface area contributed by atoms with E-state index in [4.69, 9.17) is 16.7 Å². The van der Waals surface area contributed by atoms with Crippen molar-refractivity contribution in [2.45, 2.75) is 17.9 Å². The molecule has 3 rings (SSSR count). The van der Waals surface area contributed by atoms with Gasteiger partial charge in [0.2, 0.25) is 10.0 Å². The van der Waals surface area contributed by atoms with Gasteiger partial charge in [-0.15, -0.1) is 0 Å². The summed E-state index contributed by atoms with van der Waals surface area (Å²) in [6, 6.07) is 9.45. The standard InChI is InChI=1S/C17H19ClN4O4S/c18-15-3-1-2-12-11-21(8-6-14(12)15)9-7-20-16-5-4-13(22(23)24)10-17(16)27(19,25)26/h1-5,10,20H,6-9,11H2,(H2,19,25,26). The Bertz CT molecular complexity index is 981. The molecule has 3 N–H and O–H groups in total. The van der Waals surface area contributed by atoms with Crippen molar-refractivity contribution in [2.24, 2.45) is 5.14 Å². The van der Waals surface area contributed by atoms with Crippen LogP contribution in [0.5, 0.6) is 0 Å². The first-order valence-electron chi connectivity index (χ1n) is 8.29. The molecular formula is C17H19ClN4O4S. The molecule has 0 aliphatic carbocycles. The van der Waals surface area contributed by atoms with Crippen molar-refractivity contribution >= 4 is 33.0 Å². The van der Waals surface area contributed by atoms with Gasteiger partial charge in [-0.25, -0.2) is 13.6 Å². The minimum atomic E-state index is -4.08. The molecule has 0 atom stereocenters. The zero-order valence-corrected chi connectivity index (χ0v) is 16.0. The first-order chi connectivity index (χ1) is 12.8. The molecule has 1 aliphatic rings. The Morgan fingerprint density at radius 3 is 2.78 bits per heavy atom. The second kappa shape index (κ2) is 7.81. The number of nitrogens with one attached hydrogen (secondary N) is 1. The number of hydrogen-bond acceptors (Lipinski definition) is 6. The summed E-state index contributed by atoms with van der Waals surface area (Å²) in [6.07, 6.45) is 0.856. The fourth-order valence-electron chi connectivity index (χ4n) is 3.17. The van der Waals surface area contributed by atoms with Crippen LogP contribution in [0.25, 0.3) is 0 Å². The zero-order chi connectivity index (χ0) is 19.6. The Hall–Kier alpha value is -2.20. The highest BCUT2D eigenvalue weighted by Crippen LogP contribution is 2.27. The summed E-state index contributed by atoms with van der Waals surface area (Å²) < 4.78 is 23.5. The number of benzene rings is 2. The number of anilines is 1. The molecule has 0 bridgehead atoms.